The van der Waals surface area contributed by atoms with Gasteiger partial charge in [0.05, 0.1) is 0 Å². The van der Waals surface area contributed by atoms with Crippen molar-refractivity contribution in [3.05, 3.63) is 0 Å². The molecule has 0 unspecified atom stereocenters. The molecule has 0 atom stereocenters. The largest absolute Gasteiger partial charge is 2.00 e. The molecule has 0 spiro atoms. The first kappa shape index (κ1) is 16.1. The molecule has 0 N–H and O–H groups in total. The van der Waals surface area contributed by atoms with E-state index in [4.69, 9.17) is 19.2 Å². The summed E-state index contributed by atoms with van der Waals surface area (Å²) in [6, 6.07) is 0. The molecule has 0 heterocycles. The van der Waals surface area contributed by atoms with Crippen LogP contribution in [0.25, 0.3) is 0 Å². The van der Waals surface area contributed by atoms with Crippen molar-refractivity contribution in [2.24, 2.45) is 0 Å². The molecule has 0 rings (SSSR count). The fourth-order valence-corrected chi connectivity index (χ4v) is 0. The first-order valence-electron chi connectivity index (χ1n) is 0.730. The Kier molecular flexibility index (Phi) is 14.3. The van der Waals surface area contributed by atoms with Crippen LogP contribution in [0, 0.1) is 0 Å². The smallest absolute Gasteiger partial charge is 0.822 e. The van der Waals surface area contributed by atoms with Gasteiger partial charge in [-0.25, -0.2) is 0 Å². The Labute approximate surface area is 86.1 Å². The van der Waals surface area contributed by atoms with Gasteiger partial charge < -0.3 is 19.2 Å². The van der Waals surface area contributed by atoms with Gasteiger partial charge in [0, 0.05) is 0 Å². The van der Waals surface area contributed by atoms with Gasteiger partial charge in [-0.15, -0.1) is 0 Å². The average molecular weight is 243 g/mol. The summed E-state index contributed by atoms with van der Waals surface area (Å²) >= 11 is 0. The molecule has 0 amide bonds. The van der Waals surface area contributed by atoms with Gasteiger partial charge in [0.2, 0.25) is 0 Å². The molecule has 0 radical (unpaired) electrons. The minimum atomic E-state index is -5.39. The topological polar surface area (TPSA) is 86.2 Å². The van der Waals surface area contributed by atoms with Crippen molar-refractivity contribution < 1.29 is 41.6 Å². The van der Waals surface area contributed by atoms with Crippen molar-refractivity contribution in [1.82, 2.24) is 0 Å². The molecule has 4 nitrogen and oxygen atoms in total. The van der Waals surface area contributed by atoms with Gasteiger partial charge in [0.25, 0.3) is 0 Å². The molecular weight excluding hydrogens is 243 g/mol. The summed E-state index contributed by atoms with van der Waals surface area (Å²) in [4.78, 5) is 25.6. The van der Waals surface area contributed by atoms with E-state index in [9.17, 15) is 0 Å². The molecule has 0 saturated heterocycles. The predicted molar refractivity (Wildman–Crippen MR) is 13.4 cm³/mol. The molecule has 0 aromatic carbocycles. The SMILES string of the molecule is O=P([O-])([O-])[O-].[Ag+].[Ca+2]. The molecule has 7 heavy (non-hydrogen) atoms. The molecular formula is AgCaO4P. The van der Waals surface area contributed by atoms with Gasteiger partial charge in [-0.2, -0.15) is 7.82 Å². The summed E-state index contributed by atoms with van der Waals surface area (Å²) in [6.45, 7) is 0. The van der Waals surface area contributed by atoms with Crippen LogP contribution in [-0.2, 0) is 26.9 Å². The molecule has 0 aliphatic heterocycles. The van der Waals surface area contributed by atoms with Crippen LogP contribution in [0.2, 0.25) is 0 Å². The fraction of sp³-hybridized carbons (Fsp3) is 0. The molecule has 0 aliphatic carbocycles. The van der Waals surface area contributed by atoms with Crippen molar-refractivity contribution in [2.45, 2.75) is 0 Å². The van der Waals surface area contributed by atoms with E-state index in [0.717, 1.165) is 0 Å². The van der Waals surface area contributed by atoms with E-state index in [0.29, 0.717) is 0 Å². The predicted octanol–water partition coefficient (Wildman–Crippen LogP) is -3.21. The Morgan fingerprint density at radius 1 is 1.14 bits per heavy atom. The van der Waals surface area contributed by atoms with Gasteiger partial charge in [-0.1, -0.05) is 0 Å². The van der Waals surface area contributed by atoms with E-state index in [1.165, 1.54) is 0 Å². The average Bonchev–Trinajstić information content (AvgIpc) is 0.722. The Bertz CT molecular complexity index is 57.8. The number of hydrogen-bond donors (Lipinski definition) is 0. The van der Waals surface area contributed by atoms with Crippen LogP contribution >= 0.6 is 7.82 Å². The number of phosphoric acid groups is 1. The zero-order valence-corrected chi connectivity index (χ0v) is 7.67. The minimum Gasteiger partial charge on any atom is -0.822 e. The summed E-state index contributed by atoms with van der Waals surface area (Å²) in [5.74, 6) is 0. The second-order valence-electron chi connectivity index (χ2n) is 0.447. The molecule has 7 heteroatoms. The molecule has 0 bridgehead atoms. The van der Waals surface area contributed by atoms with E-state index < -0.39 is 7.82 Å². The summed E-state index contributed by atoms with van der Waals surface area (Å²) in [5.41, 5.74) is 0. The third kappa shape index (κ3) is 68.0. The van der Waals surface area contributed by atoms with Crippen molar-refractivity contribution in [3.8, 4) is 0 Å². The second kappa shape index (κ2) is 6.23. The Balaban J connectivity index is -0.0000000800. The molecule has 0 saturated carbocycles. The summed E-state index contributed by atoms with van der Waals surface area (Å²) < 4.78 is 8.55. The monoisotopic (exact) mass is 242 g/mol. The Hall–Kier alpha value is 2.11. The van der Waals surface area contributed by atoms with Gasteiger partial charge in [0.15, 0.2) is 0 Å². The van der Waals surface area contributed by atoms with Crippen molar-refractivity contribution in [1.29, 1.82) is 0 Å². The van der Waals surface area contributed by atoms with E-state index in [2.05, 4.69) is 0 Å². The summed E-state index contributed by atoms with van der Waals surface area (Å²) in [5, 5.41) is 0. The fourth-order valence-electron chi connectivity index (χ4n) is 0. The normalized spacial score (nSPS) is 8.43. The quantitative estimate of drug-likeness (QED) is 0.331. The van der Waals surface area contributed by atoms with Gasteiger partial charge in [-0.05, 0) is 0 Å². The molecule has 0 aromatic rings. The minimum absolute atomic E-state index is 0. The van der Waals surface area contributed by atoms with E-state index in [1.807, 2.05) is 0 Å². The van der Waals surface area contributed by atoms with Gasteiger partial charge in [0.1, 0.15) is 0 Å². The van der Waals surface area contributed by atoms with Crippen molar-refractivity contribution in [2.75, 3.05) is 0 Å². The first-order chi connectivity index (χ1) is 2.00. The maximum absolute atomic E-state index is 8.55. The third-order valence-corrected chi connectivity index (χ3v) is 0. The first-order valence-corrected chi connectivity index (χ1v) is 2.19. The van der Waals surface area contributed by atoms with Crippen LogP contribution in [0.15, 0.2) is 0 Å². The van der Waals surface area contributed by atoms with E-state index in [-0.39, 0.29) is 60.1 Å². The Morgan fingerprint density at radius 2 is 1.14 bits per heavy atom. The maximum atomic E-state index is 8.55. The molecule has 0 aliphatic rings. The van der Waals surface area contributed by atoms with Gasteiger partial charge in [-0.3, -0.25) is 0 Å². The summed E-state index contributed by atoms with van der Waals surface area (Å²) in [6.07, 6.45) is 0. The molecule has 0 fully saturated rings. The molecule has 0 aromatic heterocycles. The van der Waals surface area contributed by atoms with Gasteiger partial charge >= 0.3 is 60.1 Å². The van der Waals surface area contributed by atoms with Crippen LogP contribution in [0.3, 0.4) is 0 Å². The number of hydrogen-bond acceptors (Lipinski definition) is 4. The van der Waals surface area contributed by atoms with Crippen LogP contribution in [0.4, 0.5) is 0 Å². The Morgan fingerprint density at radius 3 is 1.14 bits per heavy atom. The maximum Gasteiger partial charge on any atom is 2.00 e. The van der Waals surface area contributed by atoms with Crippen LogP contribution in [0.1, 0.15) is 0 Å². The standard InChI is InChI=1S/Ag.Ca.H3O4P/c;;1-5(2,3)4/h;;(H3,1,2,3,4)/q+1;+2;/p-3. The van der Waals surface area contributed by atoms with Crippen LogP contribution < -0.4 is 14.7 Å². The second-order valence-corrected chi connectivity index (χ2v) is 1.34. The zero-order valence-electron chi connectivity index (χ0n) is 3.09. The van der Waals surface area contributed by atoms with Crippen LogP contribution in [-0.4, -0.2) is 37.7 Å². The van der Waals surface area contributed by atoms with Crippen molar-refractivity contribution in [3.63, 3.8) is 0 Å². The van der Waals surface area contributed by atoms with E-state index >= 15 is 0 Å². The number of rotatable bonds is 0. The van der Waals surface area contributed by atoms with E-state index in [1.54, 1.807) is 0 Å². The zero-order chi connectivity index (χ0) is 4.50. The summed E-state index contributed by atoms with van der Waals surface area (Å²) in [7, 11) is -5.39. The van der Waals surface area contributed by atoms with Crippen LogP contribution in [0.5, 0.6) is 0 Å². The third-order valence-electron chi connectivity index (χ3n) is 0. The van der Waals surface area contributed by atoms with Crippen molar-refractivity contribution >= 4 is 45.6 Å². The molecule has 42 valence electrons.